The maximum Gasteiger partial charge on any atom is 0.408 e. The van der Waals surface area contributed by atoms with Crippen LogP contribution in [-0.2, 0) is 20.9 Å². The Bertz CT molecular complexity index is 534. The fourth-order valence-electron chi connectivity index (χ4n) is 1.80. The summed E-state index contributed by atoms with van der Waals surface area (Å²) in [6, 6.07) is 8.47. The van der Waals surface area contributed by atoms with Crippen molar-refractivity contribution in [3.05, 3.63) is 48.6 Å². The Morgan fingerprint density at radius 2 is 1.87 bits per heavy atom. The molecule has 2 atom stereocenters. The van der Waals surface area contributed by atoms with E-state index in [0.29, 0.717) is 0 Å². The van der Waals surface area contributed by atoms with Gasteiger partial charge in [0.15, 0.2) is 0 Å². The Kier molecular flexibility index (Phi) is 6.82. The summed E-state index contributed by atoms with van der Waals surface area (Å²) in [6.07, 6.45) is 0.921. The van der Waals surface area contributed by atoms with Gasteiger partial charge in [-0.3, -0.25) is 0 Å². The topological polar surface area (TPSA) is 64.6 Å². The minimum absolute atomic E-state index is 0.135. The fraction of sp³-hybridized carbons (Fsp3) is 0.444. The van der Waals surface area contributed by atoms with Crippen LogP contribution in [0.1, 0.15) is 33.3 Å². The Hall–Kier alpha value is -2.30. The molecule has 5 heteroatoms. The van der Waals surface area contributed by atoms with Crippen molar-refractivity contribution in [2.24, 2.45) is 5.92 Å². The molecule has 0 aliphatic rings. The van der Waals surface area contributed by atoms with Gasteiger partial charge in [-0.15, -0.1) is 6.58 Å². The number of nitrogens with one attached hydrogen (secondary N) is 1. The van der Waals surface area contributed by atoms with E-state index in [1.165, 1.54) is 0 Å². The van der Waals surface area contributed by atoms with E-state index in [2.05, 4.69) is 11.9 Å². The number of esters is 1. The summed E-state index contributed by atoms with van der Waals surface area (Å²) in [7, 11) is 0. The predicted molar refractivity (Wildman–Crippen MR) is 88.8 cm³/mol. The first kappa shape index (κ1) is 18.7. The average Bonchev–Trinajstić information content (AvgIpc) is 2.49. The van der Waals surface area contributed by atoms with Crippen LogP contribution in [0, 0.1) is 5.92 Å². The quantitative estimate of drug-likeness (QED) is 0.644. The van der Waals surface area contributed by atoms with Crippen molar-refractivity contribution in [3.8, 4) is 0 Å². The smallest absolute Gasteiger partial charge is 0.408 e. The molecule has 23 heavy (non-hydrogen) atoms. The molecule has 0 fully saturated rings. The molecule has 0 saturated heterocycles. The molecule has 0 aromatic heterocycles. The second-order valence-electron chi connectivity index (χ2n) is 6.31. The van der Waals surface area contributed by atoms with E-state index in [9.17, 15) is 9.59 Å². The van der Waals surface area contributed by atoms with E-state index < -0.39 is 23.7 Å². The number of hydrogen-bond donors (Lipinski definition) is 1. The summed E-state index contributed by atoms with van der Waals surface area (Å²) >= 11 is 0. The van der Waals surface area contributed by atoms with Gasteiger partial charge in [0.25, 0.3) is 0 Å². The molecule has 1 rings (SSSR count). The van der Waals surface area contributed by atoms with Gasteiger partial charge in [-0.25, -0.2) is 9.59 Å². The highest BCUT2D eigenvalue weighted by molar-refractivity contribution is 5.82. The number of carbonyl (C=O) groups is 2. The maximum absolute atomic E-state index is 12.2. The molecule has 0 saturated carbocycles. The lowest BCUT2D eigenvalue weighted by Crippen LogP contribution is -2.47. The molecule has 0 unspecified atom stereocenters. The highest BCUT2D eigenvalue weighted by Crippen LogP contribution is 2.13. The van der Waals surface area contributed by atoms with Crippen molar-refractivity contribution in [1.29, 1.82) is 0 Å². The average molecular weight is 319 g/mol. The molecule has 1 amide bonds. The molecule has 0 aliphatic heterocycles. The number of hydrogen-bond acceptors (Lipinski definition) is 4. The van der Waals surface area contributed by atoms with Crippen molar-refractivity contribution < 1.29 is 19.1 Å². The summed E-state index contributed by atoms with van der Waals surface area (Å²) in [4.78, 5) is 24.2. The molecule has 0 heterocycles. The van der Waals surface area contributed by atoms with Gasteiger partial charge in [0.2, 0.25) is 0 Å². The molecular weight excluding hydrogens is 294 g/mol. The molecule has 0 bridgehead atoms. The van der Waals surface area contributed by atoms with Crippen LogP contribution < -0.4 is 5.32 Å². The number of carbonyl (C=O) groups excluding carboxylic acids is 2. The number of ether oxygens (including phenoxy) is 2. The Labute approximate surface area is 137 Å². The molecular formula is C18H25NO4. The SMILES string of the molecule is C=C[C@@H](C)[C@H](NC(=O)OCc1ccccc1)C(=O)OC(C)(C)C. The standard InChI is InChI=1S/C18H25NO4/c1-6-13(2)15(16(20)23-18(3,4)5)19-17(21)22-12-14-10-8-7-9-11-14/h6-11,13,15H,1,12H2,2-5H3,(H,19,21)/t13-,15+/m1/s1. The number of rotatable bonds is 6. The van der Waals surface area contributed by atoms with Gasteiger partial charge in [0.1, 0.15) is 18.2 Å². The second-order valence-corrected chi connectivity index (χ2v) is 6.31. The van der Waals surface area contributed by atoms with Crippen LogP contribution in [0.4, 0.5) is 4.79 Å². The van der Waals surface area contributed by atoms with Crippen LogP contribution in [-0.4, -0.2) is 23.7 Å². The summed E-state index contributed by atoms with van der Waals surface area (Å²) < 4.78 is 10.5. The van der Waals surface area contributed by atoms with E-state index in [-0.39, 0.29) is 12.5 Å². The third kappa shape index (κ3) is 7.00. The number of alkyl carbamates (subject to hydrolysis) is 1. The summed E-state index contributed by atoms with van der Waals surface area (Å²) in [5.41, 5.74) is 0.236. The highest BCUT2D eigenvalue weighted by Gasteiger charge is 2.30. The lowest BCUT2D eigenvalue weighted by molar-refractivity contribution is -0.158. The highest BCUT2D eigenvalue weighted by atomic mass is 16.6. The van der Waals surface area contributed by atoms with Crippen LogP contribution in [0.15, 0.2) is 43.0 Å². The van der Waals surface area contributed by atoms with Gasteiger partial charge >= 0.3 is 12.1 Å². The maximum atomic E-state index is 12.2. The molecule has 126 valence electrons. The van der Waals surface area contributed by atoms with Crippen LogP contribution in [0.3, 0.4) is 0 Å². The molecule has 5 nitrogen and oxygen atoms in total. The van der Waals surface area contributed by atoms with E-state index in [4.69, 9.17) is 9.47 Å². The van der Waals surface area contributed by atoms with Crippen LogP contribution >= 0.6 is 0 Å². The third-order valence-electron chi connectivity index (χ3n) is 3.04. The first-order valence-corrected chi connectivity index (χ1v) is 7.55. The summed E-state index contributed by atoms with van der Waals surface area (Å²) in [5, 5.41) is 2.55. The van der Waals surface area contributed by atoms with Crippen molar-refractivity contribution in [2.75, 3.05) is 0 Å². The molecule has 0 radical (unpaired) electrons. The van der Waals surface area contributed by atoms with Gasteiger partial charge < -0.3 is 14.8 Å². The molecule has 1 aromatic rings. The van der Waals surface area contributed by atoms with Gasteiger partial charge in [-0.2, -0.15) is 0 Å². The minimum Gasteiger partial charge on any atom is -0.458 e. The Morgan fingerprint density at radius 3 is 2.39 bits per heavy atom. The molecule has 1 aromatic carbocycles. The van der Waals surface area contributed by atoms with Crippen LogP contribution in [0.5, 0.6) is 0 Å². The monoisotopic (exact) mass is 319 g/mol. The largest absolute Gasteiger partial charge is 0.458 e. The lowest BCUT2D eigenvalue weighted by Gasteiger charge is -2.26. The normalized spacial score (nSPS) is 13.6. The lowest BCUT2D eigenvalue weighted by atomic mass is 10.0. The zero-order valence-corrected chi connectivity index (χ0v) is 14.2. The predicted octanol–water partition coefficient (Wildman–Crippen LogP) is 3.45. The number of amides is 1. The molecule has 0 spiro atoms. The fourth-order valence-corrected chi connectivity index (χ4v) is 1.80. The van der Waals surface area contributed by atoms with Gasteiger partial charge in [0.05, 0.1) is 0 Å². The first-order chi connectivity index (χ1) is 10.7. The van der Waals surface area contributed by atoms with Crippen LogP contribution in [0.2, 0.25) is 0 Å². The summed E-state index contributed by atoms with van der Waals surface area (Å²) in [5.74, 6) is -0.796. The zero-order chi connectivity index (χ0) is 17.5. The van der Waals surface area contributed by atoms with Gasteiger partial charge in [0, 0.05) is 5.92 Å². The van der Waals surface area contributed by atoms with E-state index in [1.807, 2.05) is 30.3 Å². The zero-order valence-electron chi connectivity index (χ0n) is 14.2. The summed E-state index contributed by atoms with van der Waals surface area (Å²) in [6.45, 7) is 10.9. The van der Waals surface area contributed by atoms with Crippen molar-refractivity contribution >= 4 is 12.1 Å². The van der Waals surface area contributed by atoms with Crippen LogP contribution in [0.25, 0.3) is 0 Å². The second kappa shape index (κ2) is 8.36. The van der Waals surface area contributed by atoms with E-state index >= 15 is 0 Å². The van der Waals surface area contributed by atoms with Crippen molar-refractivity contribution in [3.63, 3.8) is 0 Å². The van der Waals surface area contributed by atoms with Crippen molar-refractivity contribution in [2.45, 2.75) is 45.9 Å². The Morgan fingerprint density at radius 1 is 1.26 bits per heavy atom. The minimum atomic E-state index is -0.838. The molecule has 1 N–H and O–H groups in total. The van der Waals surface area contributed by atoms with Gasteiger partial charge in [-0.05, 0) is 26.3 Å². The Balaban J connectivity index is 2.64. The first-order valence-electron chi connectivity index (χ1n) is 7.55. The number of benzene rings is 1. The van der Waals surface area contributed by atoms with Crippen molar-refractivity contribution in [1.82, 2.24) is 5.32 Å². The van der Waals surface area contributed by atoms with E-state index in [0.717, 1.165) is 5.56 Å². The molecule has 0 aliphatic carbocycles. The van der Waals surface area contributed by atoms with E-state index in [1.54, 1.807) is 33.8 Å². The van der Waals surface area contributed by atoms with Gasteiger partial charge in [-0.1, -0.05) is 43.3 Å². The third-order valence-corrected chi connectivity index (χ3v) is 3.04.